The van der Waals surface area contributed by atoms with Crippen molar-refractivity contribution in [2.24, 2.45) is 0 Å². The normalized spacial score (nSPS) is 21.1. The van der Waals surface area contributed by atoms with Crippen LogP contribution < -0.4 is 5.43 Å². The van der Waals surface area contributed by atoms with E-state index in [0.717, 1.165) is 39.0 Å². The van der Waals surface area contributed by atoms with Crippen LogP contribution in [0, 0.1) is 0 Å². The highest BCUT2D eigenvalue weighted by molar-refractivity contribution is 6.31. The summed E-state index contributed by atoms with van der Waals surface area (Å²) >= 11 is 6.06. The second kappa shape index (κ2) is 9.37. The second-order valence-electron chi connectivity index (χ2n) is 7.98. The molecule has 0 N–H and O–H groups in total. The summed E-state index contributed by atoms with van der Waals surface area (Å²) in [4.78, 5) is 31.4. The summed E-state index contributed by atoms with van der Waals surface area (Å²) in [5.74, 6) is 0. The minimum Gasteiger partial charge on any atom is -0.464 e. The molecule has 2 aromatic rings. The first kappa shape index (κ1) is 21.2. The lowest BCUT2D eigenvalue weighted by atomic mass is 10.0. The Morgan fingerprint density at radius 2 is 2.03 bits per heavy atom. The topological polar surface area (TPSA) is 66.2 Å². The molecule has 0 aliphatic carbocycles. The molecule has 1 atom stereocenters. The number of hydrogen-bond donors (Lipinski definition) is 0. The van der Waals surface area contributed by atoms with Gasteiger partial charge in [0, 0.05) is 55.9 Å². The highest BCUT2D eigenvalue weighted by Gasteiger charge is 2.30. The molecule has 8 heteroatoms. The van der Waals surface area contributed by atoms with Gasteiger partial charge in [0.2, 0.25) is 0 Å². The van der Waals surface area contributed by atoms with Crippen molar-refractivity contribution in [2.75, 3.05) is 45.9 Å². The SMILES string of the molecule is CCOC(=O)N1CCN([C@@H]2CCCN(Cc3coc4ccc(Cl)cc4c3=O)C2)CC1. The minimum atomic E-state index is -0.217. The average molecular weight is 434 g/mol. The molecule has 0 saturated carbocycles. The maximum atomic E-state index is 12.9. The van der Waals surface area contributed by atoms with Gasteiger partial charge in [0.1, 0.15) is 5.58 Å². The van der Waals surface area contributed by atoms with Crippen LogP contribution in [0.1, 0.15) is 25.3 Å². The van der Waals surface area contributed by atoms with Crippen LogP contribution in [0.15, 0.2) is 33.7 Å². The predicted molar refractivity (Wildman–Crippen MR) is 116 cm³/mol. The molecule has 1 aromatic carbocycles. The third kappa shape index (κ3) is 4.63. The molecule has 1 amide bonds. The van der Waals surface area contributed by atoms with Gasteiger partial charge in [0.15, 0.2) is 5.43 Å². The summed E-state index contributed by atoms with van der Waals surface area (Å²) in [5.41, 5.74) is 1.21. The Kier molecular flexibility index (Phi) is 6.61. The van der Waals surface area contributed by atoms with Crippen molar-refractivity contribution in [3.63, 3.8) is 0 Å². The van der Waals surface area contributed by atoms with E-state index in [-0.39, 0.29) is 11.5 Å². The molecule has 30 heavy (non-hydrogen) atoms. The number of hydrogen-bond acceptors (Lipinski definition) is 6. The molecule has 1 aromatic heterocycles. The molecule has 2 aliphatic rings. The van der Waals surface area contributed by atoms with Crippen molar-refractivity contribution in [2.45, 2.75) is 32.4 Å². The van der Waals surface area contributed by atoms with E-state index in [9.17, 15) is 9.59 Å². The fourth-order valence-electron chi connectivity index (χ4n) is 4.45. The Bertz CT molecular complexity index is 955. The average Bonchev–Trinajstić information content (AvgIpc) is 2.76. The molecular formula is C22H28ClN3O4. The lowest BCUT2D eigenvalue weighted by Crippen LogP contribution is -2.56. The largest absolute Gasteiger partial charge is 0.464 e. The van der Waals surface area contributed by atoms with E-state index in [1.54, 1.807) is 29.4 Å². The Labute approximate surface area is 181 Å². The van der Waals surface area contributed by atoms with Crippen LogP contribution in [-0.2, 0) is 11.3 Å². The third-order valence-electron chi connectivity index (χ3n) is 6.04. The molecule has 0 unspecified atom stereocenters. The number of benzene rings is 1. The van der Waals surface area contributed by atoms with Gasteiger partial charge in [-0.2, -0.15) is 0 Å². The van der Waals surface area contributed by atoms with E-state index in [1.165, 1.54) is 0 Å². The smallest absolute Gasteiger partial charge is 0.409 e. The van der Waals surface area contributed by atoms with Gasteiger partial charge < -0.3 is 14.1 Å². The highest BCUT2D eigenvalue weighted by atomic mass is 35.5. The van der Waals surface area contributed by atoms with Crippen molar-refractivity contribution in [3.8, 4) is 0 Å². The van der Waals surface area contributed by atoms with E-state index < -0.39 is 0 Å². The molecule has 4 rings (SSSR count). The van der Waals surface area contributed by atoms with Crippen LogP contribution in [0.2, 0.25) is 5.02 Å². The number of nitrogens with zero attached hydrogens (tertiary/aromatic N) is 3. The summed E-state index contributed by atoms with van der Waals surface area (Å²) in [7, 11) is 0. The number of halogens is 1. The van der Waals surface area contributed by atoms with Gasteiger partial charge in [-0.15, -0.1) is 0 Å². The van der Waals surface area contributed by atoms with Gasteiger partial charge >= 0.3 is 6.09 Å². The molecule has 2 saturated heterocycles. The zero-order valence-electron chi connectivity index (χ0n) is 17.3. The summed E-state index contributed by atoms with van der Waals surface area (Å²) in [6.07, 6.45) is 3.59. The van der Waals surface area contributed by atoms with Crippen molar-refractivity contribution in [3.05, 3.63) is 45.3 Å². The van der Waals surface area contributed by atoms with E-state index in [4.69, 9.17) is 20.8 Å². The summed E-state index contributed by atoms with van der Waals surface area (Å²) in [5, 5.41) is 1.07. The molecule has 7 nitrogen and oxygen atoms in total. The molecular weight excluding hydrogens is 406 g/mol. The van der Waals surface area contributed by atoms with Crippen LogP contribution >= 0.6 is 11.6 Å². The van der Waals surface area contributed by atoms with Crippen LogP contribution in [0.4, 0.5) is 4.79 Å². The van der Waals surface area contributed by atoms with E-state index in [0.29, 0.717) is 53.8 Å². The lowest BCUT2D eigenvalue weighted by molar-refractivity contribution is 0.0411. The van der Waals surface area contributed by atoms with E-state index >= 15 is 0 Å². The van der Waals surface area contributed by atoms with Crippen molar-refractivity contribution in [1.82, 2.24) is 14.7 Å². The van der Waals surface area contributed by atoms with E-state index in [1.807, 2.05) is 6.92 Å². The fraction of sp³-hybridized carbons (Fsp3) is 0.545. The van der Waals surface area contributed by atoms with Gasteiger partial charge in [-0.1, -0.05) is 11.6 Å². The molecule has 2 aliphatic heterocycles. The Morgan fingerprint density at radius 3 is 2.80 bits per heavy atom. The van der Waals surface area contributed by atoms with Gasteiger partial charge in [0.25, 0.3) is 0 Å². The highest BCUT2D eigenvalue weighted by Crippen LogP contribution is 2.21. The van der Waals surface area contributed by atoms with Gasteiger partial charge in [-0.05, 0) is 44.5 Å². The van der Waals surface area contributed by atoms with Crippen molar-refractivity contribution >= 4 is 28.7 Å². The van der Waals surface area contributed by atoms with Crippen LogP contribution in [0.3, 0.4) is 0 Å². The summed E-state index contributed by atoms with van der Waals surface area (Å²) in [6.45, 7) is 7.79. The Balaban J connectivity index is 1.38. The fourth-order valence-corrected chi connectivity index (χ4v) is 4.62. The monoisotopic (exact) mass is 433 g/mol. The third-order valence-corrected chi connectivity index (χ3v) is 6.27. The number of fused-ring (bicyclic) bond motifs is 1. The molecule has 3 heterocycles. The first-order valence-corrected chi connectivity index (χ1v) is 11.0. The van der Waals surface area contributed by atoms with Gasteiger partial charge in [0.05, 0.1) is 18.3 Å². The summed E-state index contributed by atoms with van der Waals surface area (Å²) in [6, 6.07) is 5.57. The zero-order chi connectivity index (χ0) is 21.1. The zero-order valence-corrected chi connectivity index (χ0v) is 18.1. The Morgan fingerprint density at radius 1 is 1.23 bits per heavy atom. The molecule has 0 bridgehead atoms. The number of likely N-dealkylation sites (tertiary alicyclic amines) is 1. The maximum Gasteiger partial charge on any atom is 0.409 e. The van der Waals surface area contributed by atoms with Crippen LogP contribution in [0.5, 0.6) is 0 Å². The number of ether oxygens (including phenoxy) is 1. The van der Waals surface area contributed by atoms with Gasteiger partial charge in [-0.25, -0.2) is 4.79 Å². The van der Waals surface area contributed by atoms with E-state index in [2.05, 4.69) is 9.80 Å². The first-order chi connectivity index (χ1) is 14.5. The standard InChI is InChI=1S/C22H28ClN3O4/c1-2-29-22(28)26-10-8-25(9-11-26)18-4-3-7-24(14-18)13-16-15-30-20-6-5-17(23)12-19(20)21(16)27/h5-6,12,15,18H,2-4,7-11,13-14H2,1H3/t18-/m1/s1. The van der Waals surface area contributed by atoms with Crippen molar-refractivity contribution < 1.29 is 13.9 Å². The number of carbonyl (C=O) groups is 1. The molecule has 2 fully saturated rings. The summed E-state index contributed by atoms with van der Waals surface area (Å²) < 4.78 is 10.8. The van der Waals surface area contributed by atoms with Crippen molar-refractivity contribution in [1.29, 1.82) is 0 Å². The van der Waals surface area contributed by atoms with Crippen LogP contribution in [-0.4, -0.2) is 72.7 Å². The maximum absolute atomic E-state index is 12.9. The molecule has 162 valence electrons. The second-order valence-corrected chi connectivity index (χ2v) is 8.42. The number of piperazine rings is 1. The number of piperidine rings is 1. The van der Waals surface area contributed by atoms with Crippen LogP contribution in [0.25, 0.3) is 11.0 Å². The number of carbonyl (C=O) groups excluding carboxylic acids is 1. The minimum absolute atomic E-state index is 0.0103. The van der Waals surface area contributed by atoms with Gasteiger partial charge in [-0.3, -0.25) is 14.6 Å². The number of rotatable bonds is 4. The lowest BCUT2D eigenvalue weighted by Gasteiger charge is -2.43. The molecule has 0 radical (unpaired) electrons. The first-order valence-electron chi connectivity index (χ1n) is 10.6. The number of amides is 1. The quantitative estimate of drug-likeness (QED) is 0.737. The predicted octanol–water partition coefficient (Wildman–Crippen LogP) is 3.18. The Hall–Kier alpha value is -2.09. The molecule has 0 spiro atoms.